The number of nitrogens with zero attached hydrogens (tertiary/aromatic N) is 3. The minimum atomic E-state index is -3.43. The first-order chi connectivity index (χ1) is 11.2. The van der Waals surface area contributed by atoms with Gasteiger partial charge in [0.1, 0.15) is 5.75 Å². The van der Waals surface area contributed by atoms with Crippen molar-refractivity contribution < 1.29 is 17.9 Å². The lowest BCUT2D eigenvalue weighted by Crippen LogP contribution is -2.53. The van der Waals surface area contributed by atoms with Crippen LogP contribution in [0, 0.1) is 13.8 Å². The van der Waals surface area contributed by atoms with Crippen molar-refractivity contribution in [2.24, 2.45) is 0 Å². The second kappa shape index (κ2) is 7.08. The predicted octanol–water partition coefficient (Wildman–Crippen LogP) is 0.876. The van der Waals surface area contributed by atoms with Crippen LogP contribution in [-0.2, 0) is 10.2 Å². The van der Waals surface area contributed by atoms with Crippen LogP contribution >= 0.6 is 0 Å². The quantitative estimate of drug-likeness (QED) is 0.804. The molecule has 1 aliphatic rings. The maximum atomic E-state index is 12.8. The van der Waals surface area contributed by atoms with Gasteiger partial charge in [0.15, 0.2) is 0 Å². The van der Waals surface area contributed by atoms with Gasteiger partial charge in [0, 0.05) is 40.3 Å². The SMILES string of the molecule is COc1cc(C)c(C)cc1C(=O)N1CCN(S(=O)(=O)N(C)C)CC1. The number of amides is 1. The number of carbonyl (C=O) groups is 1. The molecule has 1 heterocycles. The van der Waals surface area contributed by atoms with E-state index in [4.69, 9.17) is 4.74 Å². The van der Waals surface area contributed by atoms with Crippen molar-refractivity contribution in [3.05, 3.63) is 28.8 Å². The lowest BCUT2D eigenvalue weighted by molar-refractivity contribution is 0.0691. The van der Waals surface area contributed by atoms with Crippen LogP contribution in [0.1, 0.15) is 21.5 Å². The van der Waals surface area contributed by atoms with Gasteiger partial charge >= 0.3 is 0 Å². The minimum Gasteiger partial charge on any atom is -0.496 e. The predicted molar refractivity (Wildman–Crippen MR) is 92.6 cm³/mol. The molecule has 0 spiro atoms. The second-order valence-electron chi connectivity index (χ2n) is 6.12. The van der Waals surface area contributed by atoms with Crippen LogP contribution < -0.4 is 4.74 Å². The highest BCUT2D eigenvalue weighted by molar-refractivity contribution is 7.86. The Hall–Kier alpha value is -1.64. The van der Waals surface area contributed by atoms with E-state index in [1.54, 1.807) is 12.0 Å². The zero-order valence-electron chi connectivity index (χ0n) is 14.9. The molecule has 1 aromatic carbocycles. The number of rotatable bonds is 4. The van der Waals surface area contributed by atoms with Crippen LogP contribution in [0.4, 0.5) is 0 Å². The zero-order chi connectivity index (χ0) is 18.1. The van der Waals surface area contributed by atoms with Gasteiger partial charge < -0.3 is 9.64 Å². The molecular formula is C16H25N3O4S. The Morgan fingerprint density at radius 2 is 1.62 bits per heavy atom. The molecule has 24 heavy (non-hydrogen) atoms. The molecule has 0 aromatic heterocycles. The highest BCUT2D eigenvalue weighted by atomic mass is 32.2. The fraction of sp³-hybridized carbons (Fsp3) is 0.562. The summed E-state index contributed by atoms with van der Waals surface area (Å²) < 4.78 is 32.2. The Balaban J connectivity index is 2.16. The van der Waals surface area contributed by atoms with Gasteiger partial charge in [0.25, 0.3) is 16.1 Å². The Morgan fingerprint density at radius 3 is 2.12 bits per heavy atom. The van der Waals surface area contributed by atoms with E-state index in [0.717, 1.165) is 11.1 Å². The van der Waals surface area contributed by atoms with E-state index in [2.05, 4.69) is 0 Å². The lowest BCUT2D eigenvalue weighted by Gasteiger charge is -2.35. The Labute approximate surface area is 144 Å². The van der Waals surface area contributed by atoms with Gasteiger partial charge in [0.2, 0.25) is 0 Å². The molecule has 1 aliphatic heterocycles. The van der Waals surface area contributed by atoms with Crippen molar-refractivity contribution in [1.82, 2.24) is 13.5 Å². The molecule has 0 atom stereocenters. The van der Waals surface area contributed by atoms with E-state index in [-0.39, 0.29) is 5.91 Å². The van der Waals surface area contributed by atoms with Gasteiger partial charge in [-0.2, -0.15) is 17.0 Å². The van der Waals surface area contributed by atoms with E-state index < -0.39 is 10.2 Å². The van der Waals surface area contributed by atoms with E-state index in [1.807, 2.05) is 26.0 Å². The van der Waals surface area contributed by atoms with Gasteiger partial charge in [-0.05, 0) is 37.1 Å². The fourth-order valence-electron chi connectivity index (χ4n) is 2.65. The van der Waals surface area contributed by atoms with Gasteiger partial charge in [-0.25, -0.2) is 0 Å². The van der Waals surface area contributed by atoms with Crippen molar-refractivity contribution in [3.8, 4) is 5.75 Å². The number of hydrogen-bond acceptors (Lipinski definition) is 4. The molecule has 0 aliphatic carbocycles. The highest BCUT2D eigenvalue weighted by Crippen LogP contribution is 2.25. The summed E-state index contributed by atoms with van der Waals surface area (Å²) >= 11 is 0. The number of hydrogen-bond donors (Lipinski definition) is 0. The maximum absolute atomic E-state index is 12.8. The third-order valence-corrected chi connectivity index (χ3v) is 6.30. The second-order valence-corrected chi connectivity index (χ2v) is 8.26. The van der Waals surface area contributed by atoms with Gasteiger partial charge in [-0.15, -0.1) is 0 Å². The van der Waals surface area contributed by atoms with E-state index >= 15 is 0 Å². The third kappa shape index (κ3) is 3.55. The Kier molecular flexibility index (Phi) is 5.52. The molecule has 0 saturated carbocycles. The lowest BCUT2D eigenvalue weighted by atomic mass is 10.0. The van der Waals surface area contributed by atoms with E-state index in [0.29, 0.717) is 37.5 Å². The summed E-state index contributed by atoms with van der Waals surface area (Å²) in [5.74, 6) is 0.420. The Bertz CT molecular complexity index is 723. The minimum absolute atomic E-state index is 0.128. The molecule has 0 N–H and O–H groups in total. The molecule has 0 radical (unpaired) electrons. The normalized spacial score (nSPS) is 16.5. The molecule has 1 saturated heterocycles. The van der Waals surface area contributed by atoms with Crippen LogP contribution in [0.5, 0.6) is 5.75 Å². The molecule has 0 bridgehead atoms. The first kappa shape index (κ1) is 18.7. The largest absolute Gasteiger partial charge is 0.496 e. The summed E-state index contributed by atoms with van der Waals surface area (Å²) in [6.07, 6.45) is 0. The molecule has 1 fully saturated rings. The number of benzene rings is 1. The number of methoxy groups -OCH3 is 1. The fourth-order valence-corrected chi connectivity index (χ4v) is 3.74. The average Bonchev–Trinajstić information content (AvgIpc) is 2.56. The van der Waals surface area contributed by atoms with Crippen LogP contribution in [0.2, 0.25) is 0 Å². The van der Waals surface area contributed by atoms with Crippen LogP contribution in [0.15, 0.2) is 12.1 Å². The van der Waals surface area contributed by atoms with Crippen molar-refractivity contribution in [2.45, 2.75) is 13.8 Å². The molecule has 134 valence electrons. The van der Waals surface area contributed by atoms with Gasteiger partial charge in [-0.3, -0.25) is 4.79 Å². The molecule has 1 amide bonds. The smallest absolute Gasteiger partial charge is 0.281 e. The van der Waals surface area contributed by atoms with Crippen molar-refractivity contribution in [1.29, 1.82) is 0 Å². The van der Waals surface area contributed by atoms with Crippen molar-refractivity contribution in [3.63, 3.8) is 0 Å². The van der Waals surface area contributed by atoms with E-state index in [1.165, 1.54) is 22.7 Å². The first-order valence-corrected chi connectivity index (χ1v) is 9.20. The number of piperazine rings is 1. The topological polar surface area (TPSA) is 70.2 Å². The molecule has 8 heteroatoms. The molecule has 7 nitrogen and oxygen atoms in total. The molecular weight excluding hydrogens is 330 g/mol. The van der Waals surface area contributed by atoms with E-state index in [9.17, 15) is 13.2 Å². The van der Waals surface area contributed by atoms with Crippen molar-refractivity contribution >= 4 is 16.1 Å². The highest BCUT2D eigenvalue weighted by Gasteiger charge is 2.31. The summed E-state index contributed by atoms with van der Waals surface area (Å²) in [5.41, 5.74) is 2.60. The maximum Gasteiger partial charge on any atom is 0.281 e. The van der Waals surface area contributed by atoms with Gasteiger partial charge in [-0.1, -0.05) is 0 Å². The zero-order valence-corrected chi connectivity index (χ0v) is 15.7. The average molecular weight is 355 g/mol. The summed E-state index contributed by atoms with van der Waals surface area (Å²) in [6.45, 7) is 5.23. The number of ether oxygens (including phenoxy) is 1. The van der Waals surface area contributed by atoms with Crippen LogP contribution in [0.25, 0.3) is 0 Å². The number of carbonyl (C=O) groups excluding carboxylic acids is 1. The van der Waals surface area contributed by atoms with Gasteiger partial charge in [0.05, 0.1) is 12.7 Å². The first-order valence-electron chi connectivity index (χ1n) is 7.80. The van der Waals surface area contributed by atoms with Crippen LogP contribution in [-0.4, -0.2) is 75.2 Å². The molecule has 2 rings (SSSR count). The summed E-state index contributed by atoms with van der Waals surface area (Å²) in [5, 5.41) is 0. The third-order valence-electron chi connectivity index (χ3n) is 4.36. The van der Waals surface area contributed by atoms with Crippen LogP contribution in [0.3, 0.4) is 0 Å². The van der Waals surface area contributed by atoms with Crippen molar-refractivity contribution in [2.75, 3.05) is 47.4 Å². The molecule has 0 unspecified atom stereocenters. The summed E-state index contributed by atoms with van der Waals surface area (Å²) in [7, 11) is 1.12. The molecule has 1 aromatic rings. The standard InChI is InChI=1S/C16H25N3O4S/c1-12-10-14(15(23-5)11-13(12)2)16(20)18-6-8-19(9-7-18)24(21,22)17(3)4/h10-11H,6-9H2,1-5H3. The number of aryl methyl sites for hydroxylation is 2. The Morgan fingerprint density at radius 1 is 1.08 bits per heavy atom. The summed E-state index contributed by atoms with van der Waals surface area (Å²) in [4.78, 5) is 14.5. The monoisotopic (exact) mass is 355 g/mol. The summed E-state index contributed by atoms with van der Waals surface area (Å²) in [6, 6.07) is 3.69.